The molecular weight excluding hydrogens is 348 g/mol. The Balaban J connectivity index is 0.00000208. The van der Waals surface area contributed by atoms with Crippen molar-refractivity contribution in [3.63, 3.8) is 0 Å². The van der Waals surface area contributed by atoms with E-state index in [-0.39, 0.29) is 42.4 Å². The molecule has 8 heteroatoms. The third-order valence-electron chi connectivity index (χ3n) is 5.01. The monoisotopic (exact) mass is 366 g/mol. The lowest BCUT2D eigenvalue weighted by molar-refractivity contribution is 0.0746. The van der Waals surface area contributed by atoms with Gasteiger partial charge in [0.15, 0.2) is 23.3 Å². The van der Waals surface area contributed by atoms with Crippen LogP contribution in [-0.2, 0) is 0 Å². The van der Waals surface area contributed by atoms with Crippen molar-refractivity contribution in [3.8, 4) is 0 Å². The highest BCUT2D eigenvalue weighted by Crippen LogP contribution is 2.39. The van der Waals surface area contributed by atoms with Gasteiger partial charge in [0, 0.05) is 18.2 Å². The number of carbonyl (C=O) groups is 1. The van der Waals surface area contributed by atoms with E-state index in [4.69, 9.17) is 5.73 Å². The summed E-state index contributed by atoms with van der Waals surface area (Å²) in [4.78, 5) is 12.2. The van der Waals surface area contributed by atoms with Crippen LogP contribution in [-0.4, -0.2) is 18.0 Å². The lowest BCUT2D eigenvalue weighted by Gasteiger charge is -2.45. The van der Waals surface area contributed by atoms with Gasteiger partial charge in [-0.15, -0.1) is 12.4 Å². The largest absolute Gasteiger partial charge is 0.349 e. The fourth-order valence-corrected chi connectivity index (χ4v) is 4.02. The molecule has 134 valence electrons. The van der Waals surface area contributed by atoms with Crippen molar-refractivity contribution in [1.82, 2.24) is 5.32 Å². The van der Waals surface area contributed by atoms with Crippen LogP contribution in [0, 0.1) is 35.1 Å². The molecule has 3 nitrogen and oxygen atoms in total. The summed E-state index contributed by atoms with van der Waals surface area (Å²) in [5, 5.41) is 2.59. The second-order valence-electron chi connectivity index (χ2n) is 6.52. The van der Waals surface area contributed by atoms with Gasteiger partial charge in [0.1, 0.15) is 5.56 Å². The molecule has 1 aromatic carbocycles. The highest BCUT2D eigenvalue weighted by Gasteiger charge is 2.40. The summed E-state index contributed by atoms with van der Waals surface area (Å²) in [6.45, 7) is 0. The first-order chi connectivity index (χ1) is 10.9. The summed E-state index contributed by atoms with van der Waals surface area (Å²) in [6.07, 6.45) is 4.22. The fraction of sp³-hybridized carbons (Fsp3) is 0.562. The van der Waals surface area contributed by atoms with Gasteiger partial charge < -0.3 is 11.1 Å². The summed E-state index contributed by atoms with van der Waals surface area (Å²) in [6, 6.07) is -0.116. The number of carbonyl (C=O) groups excluding carboxylic acids is 1. The third kappa shape index (κ3) is 3.37. The van der Waals surface area contributed by atoms with Crippen LogP contribution in [0.4, 0.5) is 17.6 Å². The average Bonchev–Trinajstić information content (AvgIpc) is 2.46. The maximum Gasteiger partial charge on any atom is 0.257 e. The minimum atomic E-state index is -1.67. The molecule has 2 atom stereocenters. The Hall–Kier alpha value is -1.34. The quantitative estimate of drug-likeness (QED) is 0.623. The van der Waals surface area contributed by atoms with Crippen molar-refractivity contribution in [2.45, 2.75) is 44.2 Å². The molecule has 2 fully saturated rings. The minimum Gasteiger partial charge on any atom is -0.349 e. The maximum atomic E-state index is 13.7. The molecule has 2 saturated carbocycles. The van der Waals surface area contributed by atoms with Crippen molar-refractivity contribution in [3.05, 3.63) is 34.9 Å². The predicted octanol–water partition coefficient (Wildman–Crippen LogP) is 3.30. The van der Waals surface area contributed by atoms with Crippen LogP contribution in [0.1, 0.15) is 42.5 Å². The van der Waals surface area contributed by atoms with Crippen LogP contribution in [0.2, 0.25) is 0 Å². The van der Waals surface area contributed by atoms with Gasteiger partial charge in [-0.05, 0) is 37.5 Å². The number of fused-ring (bicyclic) bond motifs is 2. The molecule has 0 aromatic heterocycles. The summed E-state index contributed by atoms with van der Waals surface area (Å²) >= 11 is 0. The molecule has 0 saturated heterocycles. The van der Waals surface area contributed by atoms with E-state index in [1.807, 2.05) is 0 Å². The molecule has 24 heavy (non-hydrogen) atoms. The summed E-state index contributed by atoms with van der Waals surface area (Å²) in [7, 11) is 0. The summed E-state index contributed by atoms with van der Waals surface area (Å²) < 4.78 is 54.0. The standard InChI is InChI=1S/C16H18F4N2O.ClH/c17-10-6-11(18)14(20)12(13(10)19)16(23)22-15-7-2-1-3-8(15)5-9(21)4-7;/h6-9,15H,1-5,21H2,(H,22,23);1H. The van der Waals surface area contributed by atoms with Gasteiger partial charge in [-0.1, -0.05) is 6.42 Å². The Morgan fingerprint density at radius 1 is 1.04 bits per heavy atom. The van der Waals surface area contributed by atoms with Crippen LogP contribution < -0.4 is 11.1 Å². The third-order valence-corrected chi connectivity index (χ3v) is 5.01. The Kier molecular flexibility index (Phi) is 5.75. The number of halogens is 5. The molecule has 2 aliphatic rings. The fourth-order valence-electron chi connectivity index (χ4n) is 4.02. The second-order valence-corrected chi connectivity index (χ2v) is 6.52. The molecule has 3 N–H and O–H groups in total. The van der Waals surface area contributed by atoms with E-state index in [1.54, 1.807) is 0 Å². The van der Waals surface area contributed by atoms with E-state index in [2.05, 4.69) is 5.32 Å². The highest BCUT2D eigenvalue weighted by atomic mass is 35.5. The van der Waals surface area contributed by atoms with Crippen molar-refractivity contribution >= 4 is 18.3 Å². The van der Waals surface area contributed by atoms with Crippen molar-refractivity contribution < 1.29 is 22.4 Å². The molecule has 2 aliphatic carbocycles. The highest BCUT2D eigenvalue weighted by molar-refractivity contribution is 5.95. The van der Waals surface area contributed by atoms with Crippen molar-refractivity contribution in [2.24, 2.45) is 17.6 Å². The number of hydrogen-bond acceptors (Lipinski definition) is 2. The number of amides is 1. The van der Waals surface area contributed by atoms with Crippen LogP contribution in [0.25, 0.3) is 0 Å². The van der Waals surface area contributed by atoms with Crippen LogP contribution >= 0.6 is 12.4 Å². The normalized spacial score (nSPS) is 28.9. The van der Waals surface area contributed by atoms with Gasteiger partial charge >= 0.3 is 0 Å². The molecule has 2 unspecified atom stereocenters. The van der Waals surface area contributed by atoms with Gasteiger partial charge in [0.2, 0.25) is 0 Å². The van der Waals surface area contributed by atoms with E-state index < -0.39 is 34.7 Å². The average molecular weight is 367 g/mol. The smallest absolute Gasteiger partial charge is 0.257 e. The van der Waals surface area contributed by atoms with Gasteiger partial charge in [0.25, 0.3) is 5.91 Å². The Bertz CT molecular complexity index is 603. The molecule has 2 bridgehead atoms. The maximum absolute atomic E-state index is 13.7. The van der Waals surface area contributed by atoms with Crippen LogP contribution in [0.15, 0.2) is 6.07 Å². The topological polar surface area (TPSA) is 55.1 Å². The number of nitrogens with two attached hydrogens (primary N) is 1. The summed E-state index contributed by atoms with van der Waals surface area (Å²) in [5.41, 5.74) is 4.79. The predicted molar refractivity (Wildman–Crippen MR) is 82.8 cm³/mol. The molecular formula is C16H19ClF4N2O. The van der Waals surface area contributed by atoms with E-state index in [0.29, 0.717) is 0 Å². The SMILES string of the molecule is Cl.NC1CC2CCCC(C1)C2NC(=O)c1c(F)c(F)cc(F)c1F. The van der Waals surface area contributed by atoms with Crippen molar-refractivity contribution in [2.75, 3.05) is 0 Å². The Labute approximate surface area is 143 Å². The molecule has 3 rings (SSSR count). The van der Waals surface area contributed by atoms with Gasteiger partial charge in [0.05, 0.1) is 0 Å². The Morgan fingerprint density at radius 3 is 2.04 bits per heavy atom. The first-order valence-electron chi connectivity index (χ1n) is 7.78. The molecule has 1 aromatic rings. The molecule has 1 amide bonds. The molecule has 0 radical (unpaired) electrons. The Morgan fingerprint density at radius 2 is 1.54 bits per heavy atom. The lowest BCUT2D eigenvalue weighted by atomic mass is 9.67. The number of nitrogens with one attached hydrogen (secondary N) is 1. The number of hydrogen-bond donors (Lipinski definition) is 2. The number of benzene rings is 1. The molecule has 0 heterocycles. The second kappa shape index (κ2) is 7.27. The molecule has 0 spiro atoms. The van der Waals surface area contributed by atoms with E-state index >= 15 is 0 Å². The van der Waals surface area contributed by atoms with E-state index in [1.165, 1.54) is 0 Å². The van der Waals surface area contributed by atoms with Gasteiger partial charge in [-0.2, -0.15) is 0 Å². The van der Waals surface area contributed by atoms with E-state index in [0.717, 1.165) is 32.1 Å². The van der Waals surface area contributed by atoms with Gasteiger partial charge in [-0.25, -0.2) is 17.6 Å². The van der Waals surface area contributed by atoms with Crippen LogP contribution in [0.5, 0.6) is 0 Å². The zero-order valence-electron chi connectivity index (χ0n) is 12.8. The first-order valence-corrected chi connectivity index (χ1v) is 7.78. The summed E-state index contributed by atoms with van der Waals surface area (Å²) in [5.74, 6) is -7.36. The van der Waals surface area contributed by atoms with Crippen molar-refractivity contribution in [1.29, 1.82) is 0 Å². The van der Waals surface area contributed by atoms with Crippen LogP contribution in [0.3, 0.4) is 0 Å². The van der Waals surface area contributed by atoms with E-state index in [9.17, 15) is 22.4 Å². The number of rotatable bonds is 2. The zero-order valence-corrected chi connectivity index (χ0v) is 13.6. The first kappa shape index (κ1) is 19.0. The lowest BCUT2D eigenvalue weighted by Crippen LogP contribution is -2.54. The molecule has 0 aliphatic heterocycles. The van der Waals surface area contributed by atoms with Gasteiger partial charge in [-0.3, -0.25) is 4.79 Å². The minimum absolute atomic E-state index is 0. The zero-order chi connectivity index (χ0) is 16.7.